The van der Waals surface area contributed by atoms with E-state index < -0.39 is 8.07 Å². The van der Waals surface area contributed by atoms with Gasteiger partial charge >= 0.3 is 0 Å². The highest BCUT2D eigenvalue weighted by molar-refractivity contribution is 6.76. The van der Waals surface area contributed by atoms with Crippen molar-refractivity contribution in [1.82, 2.24) is 0 Å². The number of benzene rings is 2. The van der Waals surface area contributed by atoms with Crippen LogP contribution in [0.3, 0.4) is 0 Å². The van der Waals surface area contributed by atoms with E-state index in [1.54, 1.807) is 7.11 Å². The molecule has 1 aliphatic rings. The third-order valence-corrected chi connectivity index (χ3v) is 6.44. The average Bonchev–Trinajstić information content (AvgIpc) is 2.76. The Balaban J connectivity index is 2.06. The number of rotatable bonds is 4. The van der Waals surface area contributed by atoms with Crippen LogP contribution in [0.1, 0.15) is 22.7 Å². The summed E-state index contributed by atoms with van der Waals surface area (Å²) in [4.78, 5) is 0. The number of ether oxygens (including phenoxy) is 1. The standard InChI is InChI=1S/C20H28NOSi/c1-21(15-23(3,4)5)14-17-8-6-7-9-19(17)20(21)16-10-12-18(22-2)13-11-16/h6-13,20H,14-15H2,1-5H3/q+1/t20-,21+/m0/s1. The number of fused-ring (bicyclic) bond motifs is 1. The fourth-order valence-electron chi connectivity index (χ4n) is 4.32. The molecule has 2 atom stereocenters. The van der Waals surface area contributed by atoms with Crippen LogP contribution < -0.4 is 4.74 Å². The first-order valence-corrected chi connectivity index (χ1v) is 12.1. The predicted octanol–water partition coefficient (Wildman–Crippen LogP) is 4.62. The molecule has 0 N–H and O–H groups in total. The van der Waals surface area contributed by atoms with E-state index in [4.69, 9.17) is 4.74 Å². The predicted molar refractivity (Wildman–Crippen MR) is 99.4 cm³/mol. The van der Waals surface area contributed by atoms with Gasteiger partial charge < -0.3 is 9.22 Å². The van der Waals surface area contributed by atoms with Gasteiger partial charge in [-0.15, -0.1) is 0 Å². The van der Waals surface area contributed by atoms with Crippen LogP contribution >= 0.6 is 0 Å². The molecule has 23 heavy (non-hydrogen) atoms. The Bertz CT molecular complexity index is 690. The van der Waals surface area contributed by atoms with Gasteiger partial charge in [0.15, 0.2) is 0 Å². The number of hydrogen-bond donors (Lipinski definition) is 0. The molecule has 2 nitrogen and oxygen atoms in total. The van der Waals surface area contributed by atoms with Crippen LogP contribution in [0.2, 0.25) is 19.6 Å². The normalized spacial score (nSPS) is 23.6. The van der Waals surface area contributed by atoms with Crippen molar-refractivity contribution < 1.29 is 9.22 Å². The van der Waals surface area contributed by atoms with Crippen LogP contribution in [0.5, 0.6) is 5.75 Å². The molecular weight excluding hydrogens is 298 g/mol. The van der Waals surface area contributed by atoms with Gasteiger partial charge in [-0.2, -0.15) is 0 Å². The number of quaternary nitrogens is 1. The van der Waals surface area contributed by atoms with Gasteiger partial charge in [0.1, 0.15) is 26.4 Å². The van der Waals surface area contributed by atoms with Crippen molar-refractivity contribution >= 4 is 8.07 Å². The molecule has 0 aromatic heterocycles. The van der Waals surface area contributed by atoms with E-state index in [1.165, 1.54) is 22.9 Å². The van der Waals surface area contributed by atoms with Crippen molar-refractivity contribution in [3.05, 3.63) is 65.2 Å². The Kier molecular flexibility index (Phi) is 4.11. The Morgan fingerprint density at radius 1 is 1.04 bits per heavy atom. The largest absolute Gasteiger partial charge is 0.497 e. The van der Waals surface area contributed by atoms with Crippen molar-refractivity contribution in [1.29, 1.82) is 0 Å². The lowest BCUT2D eigenvalue weighted by molar-refractivity contribution is -0.930. The monoisotopic (exact) mass is 326 g/mol. The topological polar surface area (TPSA) is 9.23 Å². The third kappa shape index (κ3) is 3.21. The Morgan fingerprint density at radius 3 is 2.30 bits per heavy atom. The summed E-state index contributed by atoms with van der Waals surface area (Å²) in [6, 6.07) is 18.1. The number of nitrogens with zero attached hydrogens (tertiary/aromatic N) is 1. The minimum absolute atomic E-state index is 0.434. The first-order valence-electron chi connectivity index (χ1n) is 8.38. The molecule has 0 amide bonds. The van der Waals surface area contributed by atoms with Crippen molar-refractivity contribution in [2.24, 2.45) is 0 Å². The minimum Gasteiger partial charge on any atom is -0.497 e. The minimum atomic E-state index is -1.18. The molecule has 0 radical (unpaired) electrons. The van der Waals surface area contributed by atoms with Gasteiger partial charge in [-0.05, 0) is 24.3 Å². The summed E-state index contributed by atoms with van der Waals surface area (Å²) in [5, 5.41) is 0. The molecule has 122 valence electrons. The zero-order valence-electron chi connectivity index (χ0n) is 15.0. The summed E-state index contributed by atoms with van der Waals surface area (Å²) in [6.07, 6.45) is 1.29. The van der Waals surface area contributed by atoms with Crippen molar-refractivity contribution in [3.63, 3.8) is 0 Å². The van der Waals surface area contributed by atoms with Gasteiger partial charge in [0.25, 0.3) is 0 Å². The van der Waals surface area contributed by atoms with Crippen molar-refractivity contribution in [2.45, 2.75) is 32.2 Å². The highest BCUT2D eigenvalue weighted by atomic mass is 28.3. The maximum Gasteiger partial charge on any atom is 0.141 e. The molecular formula is C20H28NOSi+. The van der Waals surface area contributed by atoms with Crippen molar-refractivity contribution in [3.8, 4) is 5.75 Å². The van der Waals surface area contributed by atoms with Crippen LogP contribution in [-0.2, 0) is 6.54 Å². The van der Waals surface area contributed by atoms with Crippen LogP contribution in [0.25, 0.3) is 0 Å². The Morgan fingerprint density at radius 2 is 1.70 bits per heavy atom. The second kappa shape index (κ2) is 5.80. The maximum atomic E-state index is 5.34. The first kappa shape index (κ1) is 16.3. The molecule has 0 aliphatic carbocycles. The molecule has 0 bridgehead atoms. The van der Waals surface area contributed by atoms with E-state index >= 15 is 0 Å². The second-order valence-corrected chi connectivity index (χ2v) is 13.7. The van der Waals surface area contributed by atoms with Gasteiger partial charge in [-0.1, -0.05) is 43.9 Å². The fourth-order valence-corrected chi connectivity index (χ4v) is 6.78. The second-order valence-electron chi connectivity index (χ2n) is 8.23. The van der Waals surface area contributed by atoms with Crippen LogP contribution in [0.4, 0.5) is 0 Å². The molecule has 0 spiro atoms. The van der Waals surface area contributed by atoms with Gasteiger partial charge in [0.05, 0.1) is 20.3 Å². The fraction of sp³-hybridized carbons (Fsp3) is 0.400. The quantitative estimate of drug-likeness (QED) is 0.588. The summed E-state index contributed by atoms with van der Waals surface area (Å²) in [7, 11) is 2.99. The van der Waals surface area contributed by atoms with E-state index in [0.29, 0.717) is 6.04 Å². The lowest BCUT2D eigenvalue weighted by Gasteiger charge is -2.40. The van der Waals surface area contributed by atoms with Crippen LogP contribution in [-0.4, -0.2) is 32.9 Å². The van der Waals surface area contributed by atoms with E-state index in [-0.39, 0.29) is 0 Å². The van der Waals surface area contributed by atoms with Gasteiger partial charge in [-0.3, -0.25) is 0 Å². The average molecular weight is 327 g/mol. The smallest absolute Gasteiger partial charge is 0.141 e. The van der Waals surface area contributed by atoms with Crippen LogP contribution in [0, 0.1) is 0 Å². The van der Waals surface area contributed by atoms with E-state index in [1.807, 2.05) is 0 Å². The number of hydrogen-bond acceptors (Lipinski definition) is 1. The van der Waals surface area contributed by atoms with Gasteiger partial charge in [0.2, 0.25) is 0 Å². The molecule has 2 aromatic carbocycles. The van der Waals surface area contributed by atoms with Crippen molar-refractivity contribution in [2.75, 3.05) is 20.3 Å². The Labute approximate surface area is 141 Å². The zero-order chi connectivity index (χ0) is 16.7. The summed E-state index contributed by atoms with van der Waals surface area (Å²) in [5.41, 5.74) is 4.41. The molecule has 0 saturated heterocycles. The molecule has 0 saturated carbocycles. The summed E-state index contributed by atoms with van der Waals surface area (Å²) in [6.45, 7) is 8.57. The molecule has 3 rings (SSSR count). The van der Waals surface area contributed by atoms with Gasteiger partial charge in [-0.25, -0.2) is 0 Å². The highest BCUT2D eigenvalue weighted by Crippen LogP contribution is 2.44. The zero-order valence-corrected chi connectivity index (χ0v) is 16.0. The first-order chi connectivity index (χ1) is 10.8. The maximum absolute atomic E-state index is 5.34. The summed E-state index contributed by atoms with van der Waals surface area (Å²) in [5.74, 6) is 0.930. The summed E-state index contributed by atoms with van der Waals surface area (Å²) >= 11 is 0. The van der Waals surface area contributed by atoms with E-state index in [9.17, 15) is 0 Å². The van der Waals surface area contributed by atoms with E-state index in [2.05, 4.69) is 75.2 Å². The van der Waals surface area contributed by atoms with Crippen LogP contribution in [0.15, 0.2) is 48.5 Å². The summed E-state index contributed by atoms with van der Waals surface area (Å²) < 4.78 is 6.43. The molecule has 1 aliphatic heterocycles. The highest BCUT2D eigenvalue weighted by Gasteiger charge is 2.45. The molecule has 0 unspecified atom stereocenters. The Hall–Kier alpha value is -1.58. The molecule has 2 aromatic rings. The van der Waals surface area contributed by atoms with Gasteiger partial charge in [0, 0.05) is 16.7 Å². The number of methoxy groups -OCH3 is 1. The molecule has 3 heteroatoms. The lowest BCUT2D eigenvalue weighted by Crippen LogP contribution is -2.52. The molecule has 0 fully saturated rings. The third-order valence-electron chi connectivity index (χ3n) is 4.77. The van der Waals surface area contributed by atoms with E-state index in [0.717, 1.165) is 16.8 Å². The lowest BCUT2D eigenvalue weighted by atomic mass is 9.97. The molecule has 1 heterocycles. The SMILES string of the molecule is COc1ccc([C@H]2c3ccccc3C[N@+]2(C)C[Si](C)(C)C)cc1.